The van der Waals surface area contributed by atoms with Crippen molar-refractivity contribution in [3.05, 3.63) is 23.8 Å². The molecule has 0 bridgehead atoms. The van der Waals surface area contributed by atoms with Gasteiger partial charge in [-0.3, -0.25) is 4.90 Å². The molecule has 1 aromatic heterocycles. The molecule has 1 aromatic carbocycles. The van der Waals surface area contributed by atoms with Crippen LogP contribution < -0.4 is 5.73 Å². The molecule has 0 unspecified atom stereocenters. The number of anilines is 1. The van der Waals surface area contributed by atoms with Crippen LogP contribution in [0.3, 0.4) is 0 Å². The Hall–Kier alpha value is -1.13. The van der Waals surface area contributed by atoms with Gasteiger partial charge in [0.1, 0.15) is 0 Å². The monoisotopic (exact) mass is 277 g/mol. The molecule has 0 aliphatic heterocycles. The van der Waals surface area contributed by atoms with Crippen LogP contribution in [-0.4, -0.2) is 22.5 Å². The highest BCUT2D eigenvalue weighted by molar-refractivity contribution is 7.22. The van der Waals surface area contributed by atoms with Gasteiger partial charge < -0.3 is 5.73 Å². The molecule has 3 nitrogen and oxygen atoms in total. The van der Waals surface area contributed by atoms with Gasteiger partial charge in [0, 0.05) is 19.1 Å². The van der Waals surface area contributed by atoms with Crippen LogP contribution in [0.4, 0.5) is 5.13 Å². The maximum atomic E-state index is 5.75. The van der Waals surface area contributed by atoms with Gasteiger partial charge in [0.2, 0.25) is 0 Å². The molecule has 2 rings (SSSR count). The predicted octanol–water partition coefficient (Wildman–Crippen LogP) is 3.74. The van der Waals surface area contributed by atoms with Crippen LogP contribution >= 0.6 is 11.3 Å². The first-order chi connectivity index (χ1) is 8.95. The van der Waals surface area contributed by atoms with E-state index in [0.717, 1.165) is 18.6 Å². The summed E-state index contributed by atoms with van der Waals surface area (Å²) in [7, 11) is 0. The number of aromatic nitrogens is 1. The molecule has 0 aliphatic carbocycles. The van der Waals surface area contributed by atoms with E-state index in [9.17, 15) is 0 Å². The van der Waals surface area contributed by atoms with Crippen molar-refractivity contribution >= 4 is 26.7 Å². The molecule has 2 N–H and O–H groups in total. The standard InChI is InChI=1S/C15H23N3S/c1-10(2)8-18(11(3)4)9-12-5-6-13-14(7-12)19-15(16)17-13/h5-7,10-11H,8-9H2,1-4H3,(H2,16,17). The quantitative estimate of drug-likeness (QED) is 0.905. The van der Waals surface area contributed by atoms with Gasteiger partial charge in [0.25, 0.3) is 0 Å². The number of nitrogens with two attached hydrogens (primary N) is 1. The number of nitrogens with zero attached hydrogens (tertiary/aromatic N) is 2. The number of benzene rings is 1. The fourth-order valence-electron chi connectivity index (χ4n) is 2.25. The SMILES string of the molecule is CC(C)CN(Cc1ccc2nc(N)sc2c1)C(C)C. The van der Waals surface area contributed by atoms with Crippen LogP contribution in [0.15, 0.2) is 18.2 Å². The zero-order chi connectivity index (χ0) is 14.0. The van der Waals surface area contributed by atoms with Crippen molar-refractivity contribution in [2.45, 2.75) is 40.3 Å². The maximum Gasteiger partial charge on any atom is 0.181 e. The van der Waals surface area contributed by atoms with Crippen molar-refractivity contribution in [1.82, 2.24) is 9.88 Å². The van der Waals surface area contributed by atoms with E-state index >= 15 is 0 Å². The summed E-state index contributed by atoms with van der Waals surface area (Å²) in [5.41, 5.74) is 8.10. The Morgan fingerprint density at radius 3 is 2.63 bits per heavy atom. The largest absolute Gasteiger partial charge is 0.375 e. The van der Waals surface area contributed by atoms with Crippen molar-refractivity contribution < 1.29 is 0 Å². The second kappa shape index (κ2) is 5.88. The number of fused-ring (bicyclic) bond motifs is 1. The van der Waals surface area contributed by atoms with Crippen molar-refractivity contribution in [2.24, 2.45) is 5.92 Å². The van der Waals surface area contributed by atoms with Crippen LogP contribution in [0, 0.1) is 5.92 Å². The highest BCUT2D eigenvalue weighted by atomic mass is 32.1. The second-order valence-corrected chi connectivity index (χ2v) is 6.83. The third-order valence-electron chi connectivity index (χ3n) is 3.19. The Balaban J connectivity index is 2.18. The zero-order valence-corrected chi connectivity index (χ0v) is 13.0. The second-order valence-electron chi connectivity index (χ2n) is 5.77. The third-order valence-corrected chi connectivity index (χ3v) is 4.03. The van der Waals surface area contributed by atoms with Crippen molar-refractivity contribution in [2.75, 3.05) is 12.3 Å². The first-order valence-corrected chi connectivity index (χ1v) is 7.66. The molecule has 4 heteroatoms. The topological polar surface area (TPSA) is 42.2 Å². The lowest BCUT2D eigenvalue weighted by atomic mass is 10.1. The van der Waals surface area contributed by atoms with Gasteiger partial charge in [-0.25, -0.2) is 4.98 Å². The van der Waals surface area contributed by atoms with E-state index in [2.05, 4.69) is 55.8 Å². The lowest BCUT2D eigenvalue weighted by Gasteiger charge is -2.28. The number of hydrogen-bond donors (Lipinski definition) is 1. The van der Waals surface area contributed by atoms with Gasteiger partial charge in [0.05, 0.1) is 10.2 Å². The van der Waals surface area contributed by atoms with Crippen LogP contribution in [0.2, 0.25) is 0 Å². The lowest BCUT2D eigenvalue weighted by Crippen LogP contribution is -2.33. The molecule has 0 amide bonds. The van der Waals surface area contributed by atoms with Gasteiger partial charge in [-0.2, -0.15) is 0 Å². The number of hydrogen-bond acceptors (Lipinski definition) is 4. The smallest absolute Gasteiger partial charge is 0.181 e. The number of thiazole rings is 1. The van der Waals surface area contributed by atoms with Gasteiger partial charge in [-0.1, -0.05) is 31.3 Å². The highest BCUT2D eigenvalue weighted by Gasteiger charge is 2.12. The van der Waals surface area contributed by atoms with Gasteiger partial charge in [0.15, 0.2) is 5.13 Å². The normalized spacial score (nSPS) is 12.2. The molecule has 0 atom stereocenters. The number of nitrogen functional groups attached to an aromatic ring is 1. The summed E-state index contributed by atoms with van der Waals surface area (Å²) in [6, 6.07) is 7.02. The Kier molecular flexibility index (Phi) is 4.42. The molecule has 0 radical (unpaired) electrons. The Labute approximate surface area is 119 Å². The highest BCUT2D eigenvalue weighted by Crippen LogP contribution is 2.25. The van der Waals surface area contributed by atoms with E-state index in [4.69, 9.17) is 5.73 Å². The molecule has 0 aliphatic rings. The van der Waals surface area contributed by atoms with Crippen LogP contribution in [0.5, 0.6) is 0 Å². The zero-order valence-electron chi connectivity index (χ0n) is 12.2. The van der Waals surface area contributed by atoms with Crippen LogP contribution in [0.1, 0.15) is 33.3 Å². The maximum absolute atomic E-state index is 5.75. The van der Waals surface area contributed by atoms with Crippen LogP contribution in [0.25, 0.3) is 10.2 Å². The van der Waals surface area contributed by atoms with Gasteiger partial charge >= 0.3 is 0 Å². The molecule has 104 valence electrons. The van der Waals surface area contributed by atoms with E-state index in [1.165, 1.54) is 10.3 Å². The Bertz CT molecular complexity index is 545. The lowest BCUT2D eigenvalue weighted by molar-refractivity contribution is 0.189. The summed E-state index contributed by atoms with van der Waals surface area (Å²) in [5, 5.41) is 0.648. The average Bonchev–Trinajstić information content (AvgIpc) is 2.66. The van der Waals surface area contributed by atoms with Crippen LogP contribution in [-0.2, 0) is 6.54 Å². The van der Waals surface area contributed by atoms with Crippen molar-refractivity contribution in [3.63, 3.8) is 0 Å². The molecule has 1 heterocycles. The molecule has 0 fully saturated rings. The summed E-state index contributed by atoms with van der Waals surface area (Å²) in [4.78, 5) is 6.81. The third kappa shape index (κ3) is 3.67. The molecule has 19 heavy (non-hydrogen) atoms. The first-order valence-electron chi connectivity index (χ1n) is 6.84. The van der Waals surface area contributed by atoms with Crippen molar-refractivity contribution in [3.8, 4) is 0 Å². The minimum atomic E-state index is 0.560. The fourth-order valence-corrected chi connectivity index (χ4v) is 3.04. The van der Waals surface area contributed by atoms with E-state index in [1.54, 1.807) is 11.3 Å². The minimum Gasteiger partial charge on any atom is -0.375 e. The predicted molar refractivity (Wildman–Crippen MR) is 84.4 cm³/mol. The molecule has 2 aromatic rings. The fraction of sp³-hybridized carbons (Fsp3) is 0.533. The van der Waals surface area contributed by atoms with Gasteiger partial charge in [-0.15, -0.1) is 0 Å². The first kappa shape index (κ1) is 14.3. The molecule has 0 spiro atoms. The average molecular weight is 277 g/mol. The number of rotatable bonds is 5. The van der Waals surface area contributed by atoms with Gasteiger partial charge in [-0.05, 0) is 37.5 Å². The summed E-state index contributed by atoms with van der Waals surface area (Å²) >= 11 is 1.56. The molecule has 0 saturated carbocycles. The molecular weight excluding hydrogens is 254 g/mol. The minimum absolute atomic E-state index is 0.560. The summed E-state index contributed by atoms with van der Waals surface area (Å²) in [6.07, 6.45) is 0. The van der Waals surface area contributed by atoms with E-state index < -0.39 is 0 Å². The Morgan fingerprint density at radius 1 is 1.26 bits per heavy atom. The summed E-state index contributed by atoms with van der Waals surface area (Å²) < 4.78 is 1.18. The van der Waals surface area contributed by atoms with Crippen molar-refractivity contribution in [1.29, 1.82) is 0 Å². The van der Waals surface area contributed by atoms with E-state index in [-0.39, 0.29) is 0 Å². The Morgan fingerprint density at radius 2 is 2.00 bits per heavy atom. The molecular formula is C15H23N3S. The summed E-state index contributed by atoms with van der Waals surface area (Å²) in [5.74, 6) is 0.685. The molecule has 0 saturated heterocycles. The van der Waals surface area contributed by atoms with E-state index in [1.807, 2.05) is 0 Å². The van der Waals surface area contributed by atoms with E-state index in [0.29, 0.717) is 17.1 Å². The summed E-state index contributed by atoms with van der Waals surface area (Å²) in [6.45, 7) is 11.2.